The Hall–Kier alpha value is -0.180. The van der Waals surface area contributed by atoms with Gasteiger partial charge in [-0.2, -0.15) is 12.6 Å². The minimum atomic E-state index is -0.742. The Kier molecular flexibility index (Phi) is 8.30. The Balaban J connectivity index is 3.17. The quantitative estimate of drug-likeness (QED) is 0.471. The number of hydrogen-bond acceptors (Lipinski definition) is 2. The van der Waals surface area contributed by atoms with Gasteiger partial charge in [-0.15, -0.1) is 0 Å². The van der Waals surface area contributed by atoms with Crippen molar-refractivity contribution in [2.75, 3.05) is 0 Å². The summed E-state index contributed by atoms with van der Waals surface area (Å²) in [6.45, 7) is 2.19. The normalized spacial score (nSPS) is 12.8. The molecule has 0 unspecified atom stereocenters. The molecule has 13 heavy (non-hydrogen) atoms. The van der Waals surface area contributed by atoms with Gasteiger partial charge in [-0.05, 0) is 6.42 Å². The lowest BCUT2D eigenvalue weighted by Crippen LogP contribution is -2.06. The fourth-order valence-electron chi connectivity index (χ4n) is 1.29. The molecule has 0 aliphatic carbocycles. The van der Waals surface area contributed by atoms with Crippen LogP contribution < -0.4 is 0 Å². The molecule has 0 rings (SSSR count). The maximum absolute atomic E-state index is 10.3. The number of hydrogen-bond donors (Lipinski definition) is 2. The van der Waals surface area contributed by atoms with Crippen LogP contribution in [0.15, 0.2) is 0 Å². The molecule has 0 saturated carbocycles. The SMILES string of the molecule is CCCCCCC[C@@H](S)CC(=O)O. The molecule has 0 spiro atoms. The number of carboxylic acids is 1. The maximum atomic E-state index is 10.3. The lowest BCUT2D eigenvalue weighted by Gasteiger charge is -2.06. The lowest BCUT2D eigenvalue weighted by atomic mass is 10.1. The third-order valence-electron chi connectivity index (χ3n) is 2.05. The highest BCUT2D eigenvalue weighted by atomic mass is 32.1. The molecule has 0 aromatic heterocycles. The summed E-state index contributed by atoms with van der Waals surface area (Å²) in [5.41, 5.74) is 0. The monoisotopic (exact) mass is 204 g/mol. The second kappa shape index (κ2) is 8.42. The van der Waals surface area contributed by atoms with E-state index in [1.807, 2.05) is 0 Å². The van der Waals surface area contributed by atoms with Crippen LogP contribution >= 0.6 is 12.6 Å². The van der Waals surface area contributed by atoms with Gasteiger partial charge < -0.3 is 5.11 Å². The molecule has 0 bridgehead atoms. The van der Waals surface area contributed by atoms with Crippen molar-refractivity contribution in [1.82, 2.24) is 0 Å². The highest BCUT2D eigenvalue weighted by Crippen LogP contribution is 2.13. The number of carboxylic acid groups (broad SMARTS) is 1. The molecule has 0 aliphatic rings. The van der Waals surface area contributed by atoms with Gasteiger partial charge in [0.25, 0.3) is 0 Å². The first-order chi connectivity index (χ1) is 6.16. The van der Waals surface area contributed by atoms with Gasteiger partial charge in [0, 0.05) is 5.25 Å². The summed E-state index contributed by atoms with van der Waals surface area (Å²) in [5, 5.41) is 8.52. The summed E-state index contributed by atoms with van der Waals surface area (Å²) in [6, 6.07) is 0. The third-order valence-corrected chi connectivity index (χ3v) is 2.49. The average Bonchev–Trinajstić information content (AvgIpc) is 2.02. The minimum absolute atomic E-state index is 0.0409. The minimum Gasteiger partial charge on any atom is -0.481 e. The molecular formula is C10H20O2S. The van der Waals surface area contributed by atoms with E-state index in [4.69, 9.17) is 5.11 Å². The number of aliphatic carboxylic acids is 1. The van der Waals surface area contributed by atoms with Crippen molar-refractivity contribution in [1.29, 1.82) is 0 Å². The van der Waals surface area contributed by atoms with Crippen molar-refractivity contribution in [2.24, 2.45) is 0 Å². The van der Waals surface area contributed by atoms with Crippen LogP contribution in [0.5, 0.6) is 0 Å². The fraction of sp³-hybridized carbons (Fsp3) is 0.900. The summed E-state index contributed by atoms with van der Waals surface area (Å²) in [4.78, 5) is 10.3. The Morgan fingerprint density at radius 3 is 2.46 bits per heavy atom. The molecule has 0 radical (unpaired) electrons. The largest absolute Gasteiger partial charge is 0.481 e. The molecule has 3 heteroatoms. The molecule has 0 fully saturated rings. The highest BCUT2D eigenvalue weighted by molar-refractivity contribution is 7.81. The van der Waals surface area contributed by atoms with Crippen molar-refractivity contribution in [3.05, 3.63) is 0 Å². The predicted molar refractivity (Wildman–Crippen MR) is 58.4 cm³/mol. The zero-order valence-corrected chi connectivity index (χ0v) is 9.22. The number of thiol groups is 1. The van der Waals surface area contributed by atoms with Gasteiger partial charge in [0.15, 0.2) is 0 Å². The summed E-state index contributed by atoms with van der Waals surface area (Å²) >= 11 is 4.21. The van der Waals surface area contributed by atoms with Gasteiger partial charge in [-0.1, -0.05) is 39.0 Å². The molecule has 0 aliphatic heterocycles. The molecule has 0 saturated heterocycles. The topological polar surface area (TPSA) is 37.3 Å². The van der Waals surface area contributed by atoms with E-state index in [2.05, 4.69) is 19.6 Å². The molecule has 0 aromatic carbocycles. The van der Waals surface area contributed by atoms with Crippen LogP contribution in [0.2, 0.25) is 0 Å². The van der Waals surface area contributed by atoms with Crippen molar-refractivity contribution >= 4 is 18.6 Å². The molecule has 2 nitrogen and oxygen atoms in total. The Bertz CT molecular complexity index is 137. The van der Waals surface area contributed by atoms with Crippen molar-refractivity contribution < 1.29 is 9.90 Å². The van der Waals surface area contributed by atoms with Crippen molar-refractivity contribution in [3.63, 3.8) is 0 Å². The van der Waals surface area contributed by atoms with Gasteiger partial charge in [0.05, 0.1) is 6.42 Å². The second-order valence-corrected chi connectivity index (χ2v) is 4.18. The van der Waals surface area contributed by atoms with E-state index in [0.717, 1.165) is 12.8 Å². The van der Waals surface area contributed by atoms with Gasteiger partial charge in [0.1, 0.15) is 0 Å². The summed E-state index contributed by atoms with van der Waals surface area (Å²) < 4.78 is 0. The molecule has 1 N–H and O–H groups in total. The molecule has 0 heterocycles. The number of carbonyl (C=O) groups is 1. The van der Waals surface area contributed by atoms with Crippen LogP contribution in [-0.2, 0) is 4.79 Å². The fourth-order valence-corrected chi connectivity index (χ4v) is 1.63. The average molecular weight is 204 g/mol. The van der Waals surface area contributed by atoms with Crippen LogP contribution in [-0.4, -0.2) is 16.3 Å². The Morgan fingerprint density at radius 2 is 1.92 bits per heavy atom. The Morgan fingerprint density at radius 1 is 1.31 bits per heavy atom. The first kappa shape index (κ1) is 12.8. The summed E-state index contributed by atoms with van der Waals surface area (Å²) in [5.74, 6) is -0.742. The van der Waals surface area contributed by atoms with Gasteiger partial charge >= 0.3 is 5.97 Å². The van der Waals surface area contributed by atoms with Crippen LogP contribution in [0.3, 0.4) is 0 Å². The first-order valence-electron chi connectivity index (χ1n) is 5.06. The standard InChI is InChI=1S/C10H20O2S/c1-2-3-4-5-6-7-9(13)8-10(11)12/h9,13H,2-8H2,1H3,(H,11,12)/t9-/m1/s1. The Labute approximate surface area is 86.1 Å². The summed E-state index contributed by atoms with van der Waals surface area (Å²) in [7, 11) is 0. The van der Waals surface area contributed by atoms with Crippen LogP contribution in [0.25, 0.3) is 0 Å². The number of rotatable bonds is 8. The molecular weight excluding hydrogens is 184 g/mol. The molecule has 1 atom stereocenters. The van der Waals surface area contributed by atoms with E-state index in [9.17, 15) is 4.79 Å². The zero-order chi connectivity index (χ0) is 10.1. The van der Waals surface area contributed by atoms with Gasteiger partial charge in [-0.25, -0.2) is 0 Å². The molecule has 0 aromatic rings. The third kappa shape index (κ3) is 9.74. The van der Waals surface area contributed by atoms with Crippen LogP contribution in [0.1, 0.15) is 51.9 Å². The predicted octanol–water partition coefficient (Wildman–Crippen LogP) is 3.12. The van der Waals surface area contributed by atoms with Gasteiger partial charge in [0.2, 0.25) is 0 Å². The second-order valence-electron chi connectivity index (χ2n) is 3.45. The smallest absolute Gasteiger partial charge is 0.304 e. The van der Waals surface area contributed by atoms with E-state index < -0.39 is 5.97 Å². The van der Waals surface area contributed by atoms with E-state index in [1.165, 1.54) is 25.7 Å². The van der Waals surface area contributed by atoms with Gasteiger partial charge in [-0.3, -0.25) is 4.79 Å². The van der Waals surface area contributed by atoms with E-state index in [1.54, 1.807) is 0 Å². The van der Waals surface area contributed by atoms with E-state index in [-0.39, 0.29) is 11.7 Å². The maximum Gasteiger partial charge on any atom is 0.304 e. The molecule has 0 amide bonds. The van der Waals surface area contributed by atoms with Crippen molar-refractivity contribution in [3.8, 4) is 0 Å². The van der Waals surface area contributed by atoms with E-state index >= 15 is 0 Å². The van der Waals surface area contributed by atoms with Crippen molar-refractivity contribution in [2.45, 2.75) is 57.1 Å². The zero-order valence-electron chi connectivity index (χ0n) is 8.33. The molecule has 78 valence electrons. The highest BCUT2D eigenvalue weighted by Gasteiger charge is 2.07. The summed E-state index contributed by atoms with van der Waals surface area (Å²) in [6.07, 6.45) is 7.25. The number of unbranched alkanes of at least 4 members (excludes halogenated alkanes) is 4. The van der Waals surface area contributed by atoms with Crippen LogP contribution in [0, 0.1) is 0 Å². The first-order valence-corrected chi connectivity index (χ1v) is 5.58. The van der Waals surface area contributed by atoms with Crippen LogP contribution in [0.4, 0.5) is 0 Å². The van der Waals surface area contributed by atoms with E-state index in [0.29, 0.717) is 0 Å². The lowest BCUT2D eigenvalue weighted by molar-refractivity contribution is -0.136.